The summed E-state index contributed by atoms with van der Waals surface area (Å²) in [7, 11) is -1.71. The SMILES string of the molecule is CC(O)[C@H]1C=Cc2c(cn(C)c2C(=O)Nc2ccncc2)S(=N)(=O)N1. The molecule has 0 saturated heterocycles. The van der Waals surface area contributed by atoms with Crippen LogP contribution in [0.2, 0.25) is 0 Å². The maximum atomic E-state index is 12.8. The second kappa shape index (κ2) is 6.43. The number of hydrogen-bond acceptors (Lipinski definition) is 5. The quantitative estimate of drug-likeness (QED) is 0.660. The number of pyridine rings is 1. The summed E-state index contributed by atoms with van der Waals surface area (Å²) in [5.41, 5.74) is 1.28. The van der Waals surface area contributed by atoms with Crippen LogP contribution in [0.3, 0.4) is 0 Å². The number of aliphatic hydroxyl groups is 1. The number of aryl methyl sites for hydroxylation is 1. The molecule has 0 spiro atoms. The Morgan fingerprint density at radius 3 is 2.80 bits per heavy atom. The number of nitrogens with zero attached hydrogens (tertiary/aromatic N) is 2. The number of carbonyl (C=O) groups excluding carboxylic acids is 1. The lowest BCUT2D eigenvalue weighted by atomic mass is 10.1. The van der Waals surface area contributed by atoms with Crippen LogP contribution in [0.15, 0.2) is 41.7 Å². The molecule has 132 valence electrons. The van der Waals surface area contributed by atoms with Crippen molar-refractivity contribution in [3.8, 4) is 0 Å². The van der Waals surface area contributed by atoms with Gasteiger partial charge in [0.2, 0.25) is 0 Å². The number of nitrogens with one attached hydrogen (secondary N) is 3. The zero-order chi connectivity index (χ0) is 18.2. The molecule has 3 atom stereocenters. The smallest absolute Gasteiger partial charge is 0.272 e. The first kappa shape index (κ1) is 17.3. The van der Waals surface area contributed by atoms with Crippen LogP contribution >= 0.6 is 0 Å². The number of rotatable bonds is 3. The third-order valence-electron chi connectivity index (χ3n) is 3.94. The number of amides is 1. The molecular weight excluding hydrogens is 342 g/mol. The summed E-state index contributed by atoms with van der Waals surface area (Å²) in [5.74, 6) is -0.384. The van der Waals surface area contributed by atoms with Crippen LogP contribution in [-0.4, -0.2) is 36.9 Å². The van der Waals surface area contributed by atoms with Crippen LogP contribution in [0.5, 0.6) is 0 Å². The number of carbonyl (C=O) groups is 1. The average Bonchev–Trinajstić information content (AvgIpc) is 2.83. The highest BCUT2D eigenvalue weighted by Crippen LogP contribution is 2.27. The fraction of sp³-hybridized carbons (Fsp3) is 0.250. The zero-order valence-corrected chi connectivity index (χ0v) is 14.6. The van der Waals surface area contributed by atoms with E-state index in [-0.39, 0.29) is 16.5 Å². The number of hydrogen-bond donors (Lipinski definition) is 4. The van der Waals surface area contributed by atoms with Gasteiger partial charge in [-0.15, -0.1) is 0 Å². The molecule has 9 heteroatoms. The molecule has 1 amide bonds. The summed E-state index contributed by atoms with van der Waals surface area (Å²) >= 11 is 0. The van der Waals surface area contributed by atoms with Crippen molar-refractivity contribution in [3.63, 3.8) is 0 Å². The first-order chi connectivity index (χ1) is 11.8. The lowest BCUT2D eigenvalue weighted by Gasteiger charge is -2.17. The van der Waals surface area contributed by atoms with Crippen molar-refractivity contribution in [1.29, 1.82) is 4.78 Å². The van der Waals surface area contributed by atoms with Crippen molar-refractivity contribution in [3.05, 3.63) is 48.1 Å². The van der Waals surface area contributed by atoms with Crippen LogP contribution in [0.4, 0.5) is 5.69 Å². The Morgan fingerprint density at radius 1 is 1.48 bits per heavy atom. The van der Waals surface area contributed by atoms with E-state index in [4.69, 9.17) is 4.78 Å². The Kier molecular flexibility index (Phi) is 4.46. The Labute approximate surface area is 145 Å². The van der Waals surface area contributed by atoms with Crippen molar-refractivity contribution in [2.75, 3.05) is 5.32 Å². The predicted molar refractivity (Wildman–Crippen MR) is 94.4 cm³/mol. The minimum Gasteiger partial charge on any atom is -0.391 e. The highest BCUT2D eigenvalue weighted by atomic mass is 32.2. The van der Waals surface area contributed by atoms with Gasteiger partial charge in [0.25, 0.3) is 5.91 Å². The number of aromatic nitrogens is 2. The second-order valence-corrected chi connectivity index (χ2v) is 7.64. The number of fused-ring (bicyclic) bond motifs is 1. The second-order valence-electron chi connectivity index (χ2n) is 5.86. The van der Waals surface area contributed by atoms with Gasteiger partial charge >= 0.3 is 0 Å². The molecule has 3 heterocycles. The van der Waals surface area contributed by atoms with Crippen LogP contribution < -0.4 is 10.0 Å². The molecule has 4 N–H and O–H groups in total. The number of aliphatic hydroxyl groups excluding tert-OH is 1. The molecule has 2 aromatic heterocycles. The summed E-state index contributed by atoms with van der Waals surface area (Å²) in [6.45, 7) is 1.55. The topological polar surface area (TPSA) is 120 Å². The molecule has 2 aromatic rings. The van der Waals surface area contributed by atoms with Gasteiger partial charge in [-0.3, -0.25) is 9.78 Å². The predicted octanol–water partition coefficient (Wildman–Crippen LogP) is 1.36. The van der Waals surface area contributed by atoms with Crippen LogP contribution in [0, 0.1) is 4.78 Å². The molecular formula is C16H19N5O3S. The van der Waals surface area contributed by atoms with Crippen LogP contribution in [0.25, 0.3) is 6.08 Å². The van der Waals surface area contributed by atoms with Crippen molar-refractivity contribution >= 4 is 27.6 Å². The van der Waals surface area contributed by atoms with Crippen molar-refractivity contribution in [1.82, 2.24) is 14.3 Å². The van der Waals surface area contributed by atoms with Gasteiger partial charge in [0, 0.05) is 36.9 Å². The van der Waals surface area contributed by atoms with E-state index < -0.39 is 22.1 Å². The minimum absolute atomic E-state index is 0.217. The maximum absolute atomic E-state index is 12.8. The molecule has 25 heavy (non-hydrogen) atoms. The van der Waals surface area contributed by atoms with Gasteiger partial charge in [0.1, 0.15) is 15.6 Å². The molecule has 0 radical (unpaired) electrons. The fourth-order valence-corrected chi connectivity index (χ4v) is 4.24. The van der Waals surface area contributed by atoms with E-state index in [1.54, 1.807) is 55.2 Å². The molecule has 2 unspecified atom stereocenters. The van der Waals surface area contributed by atoms with Crippen molar-refractivity contribution < 1.29 is 14.1 Å². The molecule has 8 nitrogen and oxygen atoms in total. The summed E-state index contributed by atoms with van der Waals surface area (Å²) in [6, 6.07) is 2.68. The van der Waals surface area contributed by atoms with Crippen molar-refractivity contribution in [2.24, 2.45) is 7.05 Å². The molecule has 1 aliphatic heterocycles. The third-order valence-corrected chi connectivity index (χ3v) is 5.49. The minimum atomic E-state index is -3.36. The molecule has 1 aliphatic rings. The highest BCUT2D eigenvalue weighted by molar-refractivity contribution is 7.90. The lowest BCUT2D eigenvalue weighted by Crippen LogP contribution is -2.39. The summed E-state index contributed by atoms with van der Waals surface area (Å²) < 4.78 is 25.1. The molecule has 3 rings (SSSR count). The van der Waals surface area contributed by atoms with E-state index in [1.807, 2.05) is 0 Å². The average molecular weight is 361 g/mol. The summed E-state index contributed by atoms with van der Waals surface area (Å²) in [5, 5.41) is 12.5. The first-order valence-corrected chi connectivity index (χ1v) is 9.18. The molecule has 0 saturated carbocycles. The van der Waals surface area contributed by atoms with E-state index >= 15 is 0 Å². The van der Waals surface area contributed by atoms with E-state index in [2.05, 4.69) is 15.0 Å². The molecule has 0 aromatic carbocycles. The van der Waals surface area contributed by atoms with Gasteiger partial charge < -0.3 is 15.0 Å². The zero-order valence-electron chi connectivity index (χ0n) is 13.8. The Balaban J connectivity index is 2.05. The standard InChI is InChI=1S/C16H19N5O3S/c1-10(22)13-4-3-12-14(25(17,24)20-13)9-21(2)15(12)16(23)19-11-5-7-18-8-6-11/h3-10,13,22H,1-2H3,(H2,17,20,24)(H,18,19,23)/t10?,13-,25?/m1/s1. The monoisotopic (exact) mass is 361 g/mol. The van der Waals surface area contributed by atoms with Gasteiger partial charge in [-0.1, -0.05) is 12.2 Å². The lowest BCUT2D eigenvalue weighted by molar-refractivity contribution is 0.101. The number of anilines is 1. The molecule has 0 aliphatic carbocycles. The van der Waals surface area contributed by atoms with E-state index in [0.717, 1.165) is 0 Å². The maximum Gasteiger partial charge on any atom is 0.272 e. The third kappa shape index (κ3) is 3.34. The van der Waals surface area contributed by atoms with E-state index in [0.29, 0.717) is 11.3 Å². The molecule has 0 fully saturated rings. The van der Waals surface area contributed by atoms with Gasteiger partial charge in [-0.05, 0) is 19.1 Å². The summed E-state index contributed by atoms with van der Waals surface area (Å²) in [6.07, 6.45) is 7.06. The summed E-state index contributed by atoms with van der Waals surface area (Å²) in [4.78, 5) is 16.8. The van der Waals surface area contributed by atoms with Gasteiger partial charge in [-0.25, -0.2) is 13.7 Å². The van der Waals surface area contributed by atoms with E-state index in [1.165, 1.54) is 6.20 Å². The van der Waals surface area contributed by atoms with Crippen molar-refractivity contribution in [2.45, 2.75) is 24.0 Å². The Bertz CT molecular complexity index is 932. The largest absolute Gasteiger partial charge is 0.391 e. The van der Waals surface area contributed by atoms with Gasteiger partial charge in [0.05, 0.1) is 17.0 Å². The van der Waals surface area contributed by atoms with Crippen LogP contribution in [0.1, 0.15) is 23.0 Å². The van der Waals surface area contributed by atoms with Crippen LogP contribution in [-0.2, 0) is 17.0 Å². The molecule has 0 bridgehead atoms. The highest BCUT2D eigenvalue weighted by Gasteiger charge is 2.29. The van der Waals surface area contributed by atoms with Gasteiger partial charge in [0.15, 0.2) is 0 Å². The van der Waals surface area contributed by atoms with Gasteiger partial charge in [-0.2, -0.15) is 0 Å². The Morgan fingerprint density at radius 2 is 2.16 bits per heavy atom. The Hall–Kier alpha value is -2.49. The fourth-order valence-electron chi connectivity index (χ4n) is 2.67. The normalized spacial score (nSPS) is 23.6. The van der Waals surface area contributed by atoms with E-state index in [9.17, 15) is 14.1 Å². The first-order valence-electron chi connectivity index (χ1n) is 7.62.